The summed E-state index contributed by atoms with van der Waals surface area (Å²) in [5, 5.41) is 64.0. The molecule has 0 radical (unpaired) electrons. The van der Waals surface area contributed by atoms with Crippen LogP contribution in [-0.4, -0.2) is 86.4 Å². The lowest BCUT2D eigenvalue weighted by atomic mass is 9.96. The molecule has 0 spiro atoms. The van der Waals surface area contributed by atoms with E-state index in [2.05, 4.69) is 5.32 Å². The molecule has 1 amide bonds. The Morgan fingerprint density at radius 3 is 2.32 bits per heavy atom. The number of nitrogens with one attached hydrogen (secondary N) is 1. The van der Waals surface area contributed by atoms with Gasteiger partial charge >= 0.3 is 0 Å². The first-order valence-corrected chi connectivity index (χ1v) is 12.3. The van der Waals surface area contributed by atoms with Crippen LogP contribution in [-0.2, 0) is 10.6 Å². The van der Waals surface area contributed by atoms with Crippen LogP contribution in [0.25, 0.3) is 0 Å². The molecule has 0 atom stereocenters. The van der Waals surface area contributed by atoms with Crippen molar-refractivity contribution in [1.29, 1.82) is 0 Å². The number of hydrogen-bond donors (Lipinski definition) is 7. The highest BCUT2D eigenvalue weighted by atomic mass is 35.5. The fraction of sp³-hybridized carbons (Fsp3) is 0.458. The van der Waals surface area contributed by atoms with Gasteiger partial charge in [-0.15, -0.1) is 0 Å². The van der Waals surface area contributed by atoms with Gasteiger partial charge in [-0.2, -0.15) is 0 Å². The number of hydrogen-bond acceptors (Lipinski definition) is 10. The zero-order valence-electron chi connectivity index (χ0n) is 20.1. The second kappa shape index (κ2) is 11.7. The van der Waals surface area contributed by atoms with Crippen LogP contribution in [0, 0.1) is 0 Å². The number of carbonyl (C=O) groups is 1. The normalized spacial score (nSPS) is 15.5. The molecule has 11 nitrogen and oxygen atoms in total. The zero-order valence-corrected chi connectivity index (χ0v) is 21.7. The number of rotatable bonds is 11. The lowest BCUT2D eigenvalue weighted by Crippen LogP contribution is -2.57. The summed E-state index contributed by atoms with van der Waals surface area (Å²) in [6.07, 6.45) is 0.545. The van der Waals surface area contributed by atoms with Crippen LogP contribution >= 0.6 is 23.2 Å². The molecule has 1 aliphatic heterocycles. The lowest BCUT2D eigenvalue weighted by molar-refractivity contribution is -0.357. The molecule has 0 saturated carbocycles. The maximum atomic E-state index is 11.0. The first-order valence-electron chi connectivity index (χ1n) is 11.5. The highest BCUT2D eigenvalue weighted by Crippen LogP contribution is 2.36. The topological polar surface area (TPSA) is 166 Å². The minimum atomic E-state index is -3.08. The monoisotopic (exact) mass is 559 g/mol. The Morgan fingerprint density at radius 1 is 1.03 bits per heavy atom. The molecule has 0 aromatic heterocycles. The van der Waals surface area contributed by atoms with Crippen molar-refractivity contribution in [2.75, 3.05) is 43.0 Å². The quantitative estimate of drug-likeness (QED) is 0.120. The number of halogens is 2. The van der Waals surface area contributed by atoms with E-state index < -0.39 is 17.5 Å². The molecule has 3 rings (SSSR count). The van der Waals surface area contributed by atoms with Crippen LogP contribution in [0.15, 0.2) is 36.4 Å². The largest absolute Gasteiger partial charge is 0.494 e. The van der Waals surface area contributed by atoms with E-state index in [0.717, 1.165) is 12.6 Å². The molecule has 1 fully saturated rings. The molecule has 37 heavy (non-hydrogen) atoms. The summed E-state index contributed by atoms with van der Waals surface area (Å²) in [7, 11) is 0. The highest BCUT2D eigenvalue weighted by Gasteiger charge is 2.46. The molecular weight excluding hydrogens is 529 g/mol. The van der Waals surface area contributed by atoms with E-state index in [1.807, 2.05) is 17.0 Å². The lowest BCUT2D eigenvalue weighted by Gasteiger charge is -2.42. The van der Waals surface area contributed by atoms with Crippen molar-refractivity contribution in [3.05, 3.63) is 52.0 Å². The van der Waals surface area contributed by atoms with Gasteiger partial charge in [-0.3, -0.25) is 4.79 Å². The third-order valence-electron chi connectivity index (χ3n) is 6.22. The molecule has 1 aliphatic rings. The Bertz CT molecular complexity index is 1090. The molecule has 0 bridgehead atoms. The third kappa shape index (κ3) is 6.82. The number of benzene rings is 2. The van der Waals surface area contributed by atoms with Crippen molar-refractivity contribution in [2.24, 2.45) is 0 Å². The van der Waals surface area contributed by atoms with E-state index in [1.54, 1.807) is 11.0 Å². The summed E-state index contributed by atoms with van der Waals surface area (Å²) in [6, 6.07) is 9.18. The van der Waals surface area contributed by atoms with Crippen molar-refractivity contribution in [2.45, 2.75) is 37.3 Å². The van der Waals surface area contributed by atoms with Gasteiger partial charge in [0.2, 0.25) is 23.9 Å². The van der Waals surface area contributed by atoms with Crippen LogP contribution in [0.2, 0.25) is 10.0 Å². The van der Waals surface area contributed by atoms with Gasteiger partial charge in [-0.1, -0.05) is 29.3 Å². The van der Waals surface area contributed by atoms with Crippen LogP contribution in [0.3, 0.4) is 0 Å². The highest BCUT2D eigenvalue weighted by molar-refractivity contribution is 6.43. The smallest absolute Gasteiger partial charge is 0.247 e. The van der Waals surface area contributed by atoms with Gasteiger partial charge < -0.3 is 45.6 Å². The summed E-state index contributed by atoms with van der Waals surface area (Å²) >= 11 is 12.4. The fourth-order valence-corrected chi connectivity index (χ4v) is 4.47. The first-order chi connectivity index (χ1) is 17.3. The van der Waals surface area contributed by atoms with Gasteiger partial charge in [0.25, 0.3) is 0 Å². The molecule has 1 heterocycles. The molecular formula is C24H31Cl2N3O8. The molecule has 7 N–H and O–H groups in total. The van der Waals surface area contributed by atoms with Crippen molar-refractivity contribution in [3.63, 3.8) is 0 Å². The second-order valence-electron chi connectivity index (χ2n) is 8.94. The fourth-order valence-electron chi connectivity index (χ4n) is 4.05. The SMILES string of the molecule is CC(O)(O)C(O)(O)c1ccc(OCCCC(O)(O)N2CCN(c3cccc(Cl)c3Cl)CC2)cc1NC=O. The third-order valence-corrected chi connectivity index (χ3v) is 7.03. The van der Waals surface area contributed by atoms with Crippen LogP contribution in [0.1, 0.15) is 25.3 Å². The van der Waals surface area contributed by atoms with Crippen LogP contribution < -0.4 is 15.0 Å². The van der Waals surface area contributed by atoms with Gasteiger partial charge in [0, 0.05) is 44.2 Å². The number of aliphatic hydroxyl groups is 6. The maximum Gasteiger partial charge on any atom is 0.247 e. The summed E-state index contributed by atoms with van der Waals surface area (Å²) < 4.78 is 5.61. The molecule has 13 heteroatoms. The van der Waals surface area contributed by atoms with E-state index in [9.17, 15) is 35.4 Å². The van der Waals surface area contributed by atoms with E-state index >= 15 is 0 Å². The zero-order chi connectivity index (χ0) is 27.4. The average Bonchev–Trinajstić information content (AvgIpc) is 2.83. The van der Waals surface area contributed by atoms with Crippen LogP contribution in [0.4, 0.5) is 11.4 Å². The van der Waals surface area contributed by atoms with Crippen molar-refractivity contribution in [1.82, 2.24) is 4.90 Å². The number of nitrogens with zero attached hydrogens (tertiary/aromatic N) is 2. The minimum Gasteiger partial charge on any atom is -0.494 e. The van der Waals surface area contributed by atoms with Crippen LogP contribution in [0.5, 0.6) is 5.75 Å². The number of amides is 1. The number of anilines is 2. The Balaban J connectivity index is 1.54. The van der Waals surface area contributed by atoms with E-state index in [-0.39, 0.29) is 42.9 Å². The summed E-state index contributed by atoms with van der Waals surface area (Å²) in [5.74, 6) is -7.81. The summed E-state index contributed by atoms with van der Waals surface area (Å²) in [6.45, 7) is 2.69. The molecule has 2 aromatic carbocycles. The summed E-state index contributed by atoms with van der Waals surface area (Å²) in [4.78, 5) is 14.5. The minimum absolute atomic E-state index is 0.00772. The molecule has 0 unspecified atom stereocenters. The molecule has 204 valence electrons. The molecule has 0 aliphatic carbocycles. The Labute approximate surface area is 224 Å². The van der Waals surface area contributed by atoms with Gasteiger partial charge in [0.05, 0.1) is 28.0 Å². The molecule has 2 aromatic rings. The Hall–Kier alpha value is -2.19. The summed E-state index contributed by atoms with van der Waals surface area (Å²) in [5.41, 5.74) is 0.325. The van der Waals surface area contributed by atoms with E-state index in [4.69, 9.17) is 27.9 Å². The first kappa shape index (κ1) is 29.4. The van der Waals surface area contributed by atoms with Gasteiger partial charge in [0.15, 0.2) is 0 Å². The van der Waals surface area contributed by atoms with Gasteiger partial charge in [-0.05, 0) is 37.6 Å². The van der Waals surface area contributed by atoms with Gasteiger partial charge in [0.1, 0.15) is 5.75 Å². The van der Waals surface area contributed by atoms with Gasteiger partial charge in [-0.25, -0.2) is 4.90 Å². The maximum absolute atomic E-state index is 11.0. The Kier molecular flexibility index (Phi) is 9.27. The van der Waals surface area contributed by atoms with E-state index in [0.29, 0.717) is 36.2 Å². The Morgan fingerprint density at radius 2 is 1.70 bits per heavy atom. The number of ether oxygens (including phenoxy) is 1. The van der Waals surface area contributed by atoms with E-state index in [1.165, 1.54) is 18.2 Å². The van der Waals surface area contributed by atoms with Crippen molar-refractivity contribution >= 4 is 41.0 Å². The number of piperazine rings is 1. The average molecular weight is 560 g/mol. The van der Waals surface area contributed by atoms with Crippen molar-refractivity contribution < 1.29 is 40.2 Å². The standard InChI is InChI=1S/C24H31Cl2N3O8/c1-22(31,32)24(35,36)17-7-6-16(14-19(17)27-15-30)37-13-3-8-23(33,34)29-11-9-28(10-12-29)20-5-2-4-18(25)21(20)26/h2,4-7,14-15,31-36H,3,8-13H2,1H3,(H,27,30). The molecule has 1 saturated heterocycles. The van der Waals surface area contributed by atoms with Crippen molar-refractivity contribution in [3.8, 4) is 5.75 Å². The predicted molar refractivity (Wildman–Crippen MR) is 137 cm³/mol. The number of carbonyl (C=O) groups excluding carboxylic acids is 1. The second-order valence-corrected chi connectivity index (χ2v) is 9.72. The predicted octanol–water partition coefficient (Wildman–Crippen LogP) is 1.02.